The molecule has 0 aromatic carbocycles. The molecule has 3 rings (SSSR count). The van der Waals surface area contributed by atoms with E-state index in [2.05, 4.69) is 13.0 Å². The Morgan fingerprint density at radius 2 is 1.54 bits per heavy atom. The normalized spacial score (nSPS) is 42.4. The Balaban J connectivity index is 1.55. The summed E-state index contributed by atoms with van der Waals surface area (Å²) in [6.07, 6.45) is 1.94. The van der Waals surface area contributed by atoms with Gasteiger partial charge in [0.25, 0.3) is 0 Å². The van der Waals surface area contributed by atoms with Crippen molar-refractivity contribution in [2.45, 2.75) is 89.7 Å². The van der Waals surface area contributed by atoms with Gasteiger partial charge in [0.1, 0.15) is 18.3 Å². The van der Waals surface area contributed by atoms with Crippen LogP contribution in [0.5, 0.6) is 0 Å². The molecule has 26 heavy (non-hydrogen) atoms. The number of allylic oxidation sites excluding steroid dienone is 2. The molecule has 0 bridgehead atoms. The first-order valence-electron chi connectivity index (χ1n) is 10.3. The van der Waals surface area contributed by atoms with Crippen LogP contribution >= 0.6 is 0 Å². The highest BCUT2D eigenvalue weighted by Crippen LogP contribution is 2.47. The molecule has 0 aromatic rings. The van der Waals surface area contributed by atoms with E-state index < -0.39 is 24.4 Å². The summed E-state index contributed by atoms with van der Waals surface area (Å²) in [5.41, 5.74) is 1.01. The summed E-state index contributed by atoms with van der Waals surface area (Å²) >= 11 is 0. The lowest BCUT2D eigenvalue weighted by Gasteiger charge is -2.39. The fourth-order valence-electron chi connectivity index (χ4n) is 5.61. The summed E-state index contributed by atoms with van der Waals surface area (Å²) in [4.78, 5) is 0. The lowest BCUT2D eigenvalue weighted by atomic mass is 9.68. The Labute approximate surface area is 153 Å². The summed E-state index contributed by atoms with van der Waals surface area (Å²) in [5, 5.41) is 0. The number of rotatable bonds is 3. The molecule has 2 saturated carbocycles. The van der Waals surface area contributed by atoms with Gasteiger partial charge in [-0.15, -0.1) is 0 Å². The smallest absolute Gasteiger partial charge is 0.247 e. The van der Waals surface area contributed by atoms with Crippen molar-refractivity contribution in [1.29, 1.82) is 0 Å². The second-order valence-electron chi connectivity index (χ2n) is 8.77. The minimum Gasteiger partial charge on any atom is -0.247 e. The maximum absolute atomic E-state index is 14.0. The van der Waals surface area contributed by atoms with E-state index in [1.54, 1.807) is 0 Å². The van der Waals surface area contributed by atoms with Crippen molar-refractivity contribution in [3.05, 3.63) is 11.6 Å². The monoisotopic (exact) mass is 378 g/mol. The molecule has 3 unspecified atom stereocenters. The van der Waals surface area contributed by atoms with Crippen molar-refractivity contribution in [3.8, 4) is 0 Å². The molecule has 0 spiro atoms. The van der Waals surface area contributed by atoms with Gasteiger partial charge in [-0.1, -0.05) is 37.8 Å². The third kappa shape index (κ3) is 4.44. The molecule has 0 N–H and O–H groups in total. The molecule has 2 fully saturated rings. The summed E-state index contributed by atoms with van der Waals surface area (Å²) in [5.74, 6) is -0.530. The van der Waals surface area contributed by atoms with Crippen molar-refractivity contribution in [2.75, 3.05) is 0 Å². The van der Waals surface area contributed by atoms with Crippen LogP contribution in [-0.4, -0.2) is 18.5 Å². The predicted octanol–water partition coefficient (Wildman–Crippen LogP) is 7.19. The summed E-state index contributed by atoms with van der Waals surface area (Å²) in [7, 11) is 0. The molecule has 0 aliphatic heterocycles. The van der Waals surface area contributed by atoms with Crippen molar-refractivity contribution < 1.29 is 22.0 Å². The third-order valence-corrected chi connectivity index (χ3v) is 7.32. The lowest BCUT2D eigenvalue weighted by molar-refractivity contribution is -0.217. The third-order valence-electron chi connectivity index (χ3n) is 7.32. The number of hydrogen-bond donors (Lipinski definition) is 0. The van der Waals surface area contributed by atoms with Crippen LogP contribution in [0.15, 0.2) is 11.6 Å². The van der Waals surface area contributed by atoms with E-state index in [0.29, 0.717) is 5.92 Å². The van der Waals surface area contributed by atoms with Gasteiger partial charge in [-0.05, 0) is 68.6 Å². The standard InChI is InChI=1S/C21H31F5/c1-2-13-3-5-14(6-4-13)15-7-9-16(10-8-15)17-11-18(22)20(19(23)12-17)21(24,25)26/h9,13-15,17-20H,2-8,10-12H2,1H3. The van der Waals surface area contributed by atoms with Gasteiger partial charge in [0.05, 0.1) is 0 Å². The molecule has 0 radical (unpaired) electrons. The van der Waals surface area contributed by atoms with Gasteiger partial charge in [0.15, 0.2) is 0 Å². The molecule has 0 amide bonds. The Morgan fingerprint density at radius 3 is 2.00 bits per heavy atom. The molecular formula is C21H31F5. The molecule has 3 aliphatic carbocycles. The number of hydrogen-bond acceptors (Lipinski definition) is 0. The fourth-order valence-corrected chi connectivity index (χ4v) is 5.61. The number of alkyl halides is 5. The van der Waals surface area contributed by atoms with E-state index in [9.17, 15) is 22.0 Å². The highest BCUT2D eigenvalue weighted by atomic mass is 19.4. The Hall–Kier alpha value is -0.610. The van der Waals surface area contributed by atoms with Gasteiger partial charge in [-0.25, -0.2) is 8.78 Å². The largest absolute Gasteiger partial charge is 0.397 e. The minimum absolute atomic E-state index is 0.178. The minimum atomic E-state index is -4.78. The summed E-state index contributed by atoms with van der Waals surface area (Å²) < 4.78 is 66.6. The zero-order chi connectivity index (χ0) is 18.9. The highest BCUT2D eigenvalue weighted by Gasteiger charge is 2.54. The quantitative estimate of drug-likeness (QED) is 0.360. The Morgan fingerprint density at radius 1 is 0.923 bits per heavy atom. The van der Waals surface area contributed by atoms with Crippen LogP contribution in [0.3, 0.4) is 0 Å². The zero-order valence-corrected chi connectivity index (χ0v) is 15.6. The van der Waals surface area contributed by atoms with Gasteiger partial charge in [-0.3, -0.25) is 0 Å². The fraction of sp³-hybridized carbons (Fsp3) is 0.905. The Kier molecular flexibility index (Phi) is 6.33. The van der Waals surface area contributed by atoms with Crippen LogP contribution < -0.4 is 0 Å². The molecule has 3 atom stereocenters. The van der Waals surface area contributed by atoms with E-state index >= 15 is 0 Å². The second-order valence-corrected chi connectivity index (χ2v) is 8.77. The van der Waals surface area contributed by atoms with E-state index in [4.69, 9.17) is 0 Å². The molecule has 0 heterocycles. The van der Waals surface area contributed by atoms with E-state index in [0.717, 1.165) is 36.7 Å². The van der Waals surface area contributed by atoms with Crippen LogP contribution in [-0.2, 0) is 0 Å². The van der Waals surface area contributed by atoms with E-state index in [1.165, 1.54) is 32.1 Å². The molecule has 3 aliphatic rings. The second kappa shape index (κ2) is 8.18. The van der Waals surface area contributed by atoms with E-state index in [-0.39, 0.29) is 18.8 Å². The van der Waals surface area contributed by atoms with Crippen LogP contribution in [0.2, 0.25) is 0 Å². The first kappa shape index (κ1) is 20.1. The van der Waals surface area contributed by atoms with Gasteiger partial charge in [0, 0.05) is 0 Å². The maximum Gasteiger partial charge on any atom is 0.397 e. The molecule has 0 nitrogen and oxygen atoms in total. The topological polar surface area (TPSA) is 0 Å². The average Bonchev–Trinajstić information content (AvgIpc) is 2.60. The van der Waals surface area contributed by atoms with Crippen LogP contribution in [0.1, 0.15) is 71.1 Å². The van der Waals surface area contributed by atoms with Crippen molar-refractivity contribution in [3.63, 3.8) is 0 Å². The van der Waals surface area contributed by atoms with Crippen LogP contribution in [0.25, 0.3) is 0 Å². The van der Waals surface area contributed by atoms with Gasteiger partial charge >= 0.3 is 6.18 Å². The summed E-state index contributed by atoms with van der Waals surface area (Å²) in [6.45, 7) is 2.25. The van der Waals surface area contributed by atoms with Gasteiger partial charge < -0.3 is 0 Å². The van der Waals surface area contributed by atoms with Crippen LogP contribution in [0.4, 0.5) is 22.0 Å². The number of halogens is 5. The highest BCUT2D eigenvalue weighted by molar-refractivity contribution is 5.14. The predicted molar refractivity (Wildman–Crippen MR) is 93.2 cm³/mol. The van der Waals surface area contributed by atoms with Crippen molar-refractivity contribution in [2.24, 2.45) is 29.6 Å². The first-order chi connectivity index (χ1) is 12.3. The molecule has 0 saturated heterocycles. The van der Waals surface area contributed by atoms with Crippen LogP contribution in [0, 0.1) is 29.6 Å². The lowest BCUT2D eigenvalue weighted by Crippen LogP contribution is -2.45. The maximum atomic E-state index is 14.0. The van der Waals surface area contributed by atoms with Crippen molar-refractivity contribution >= 4 is 0 Å². The summed E-state index contributed by atoms with van der Waals surface area (Å²) in [6, 6.07) is 0. The SMILES string of the molecule is CCC1CCC(C2CC=C(C3CC(F)C(C(F)(F)F)C(F)C3)CC2)CC1. The molecule has 5 heteroatoms. The van der Waals surface area contributed by atoms with Gasteiger partial charge in [0.2, 0.25) is 0 Å². The van der Waals surface area contributed by atoms with Gasteiger partial charge in [-0.2, -0.15) is 13.2 Å². The molecular weight excluding hydrogens is 347 g/mol. The van der Waals surface area contributed by atoms with E-state index in [1.807, 2.05) is 0 Å². The Bertz CT molecular complexity index is 477. The van der Waals surface area contributed by atoms with Crippen molar-refractivity contribution in [1.82, 2.24) is 0 Å². The zero-order valence-electron chi connectivity index (χ0n) is 15.6. The molecule has 0 aromatic heterocycles. The first-order valence-corrected chi connectivity index (χ1v) is 10.3. The average molecular weight is 378 g/mol. The molecule has 150 valence electrons.